The third kappa shape index (κ3) is 8.21. The molecule has 0 spiro atoms. The van der Waals surface area contributed by atoms with Crippen molar-refractivity contribution in [2.75, 3.05) is 9.80 Å². The van der Waals surface area contributed by atoms with Gasteiger partial charge in [0.05, 0.1) is 10.8 Å². The number of fused-ring (bicyclic) bond motifs is 9. The van der Waals surface area contributed by atoms with Crippen molar-refractivity contribution in [3.8, 4) is 22.3 Å². The Bertz CT molecular complexity index is 4630. The summed E-state index contributed by atoms with van der Waals surface area (Å²) in [5.74, 6) is -4.82. The van der Waals surface area contributed by atoms with Gasteiger partial charge in [-0.05, 0) is 175 Å². The number of halogens is 6. The number of rotatable bonds is 12. The highest BCUT2D eigenvalue weighted by atomic mass is 19.2. The van der Waals surface area contributed by atoms with Crippen molar-refractivity contribution < 1.29 is 30.8 Å². The molecule has 2 aliphatic rings. The van der Waals surface area contributed by atoms with Gasteiger partial charge in [-0.3, -0.25) is 0 Å². The molecule has 87 heavy (non-hydrogen) atoms. The van der Waals surface area contributed by atoms with Crippen LogP contribution in [-0.4, -0.2) is 0 Å². The smallest absolute Gasteiger partial charge is 0.160 e. The number of hydrogen-bond acceptors (Lipinski definition) is 3. The Morgan fingerprint density at radius 3 is 1.00 bits per heavy atom. The fourth-order valence-corrected chi connectivity index (χ4v) is 13.7. The van der Waals surface area contributed by atoms with Crippen LogP contribution in [0.1, 0.15) is 55.6 Å². The average Bonchev–Trinajstić information content (AvgIpc) is 1.58. The molecule has 15 rings (SSSR count). The Kier molecular flexibility index (Phi) is 12.4. The minimum absolute atomic E-state index is 0.335. The molecule has 9 heteroatoms. The van der Waals surface area contributed by atoms with E-state index in [4.69, 9.17) is 4.42 Å². The lowest BCUT2D eigenvalue weighted by atomic mass is 9.67. The van der Waals surface area contributed by atoms with Crippen molar-refractivity contribution in [1.82, 2.24) is 0 Å². The van der Waals surface area contributed by atoms with Gasteiger partial charge in [-0.25, -0.2) is 26.3 Å². The SMILES string of the molecule is C=Cc1ccc(C2(c3ccc(F)cc3)c3ccccc3-c3ccc(N(c4ccc(F)c(F)c4)c4ccc5c(c4)oc4cc(N(c6ccc(F)c(F)c6)c6ccc7c(c6)C(c6ccc(F)cc6)(c6ccc(C=C)cc6)c6ccccc6-7)ccc45)cc32)cc1. The molecule has 0 aliphatic heterocycles. The van der Waals surface area contributed by atoms with Crippen LogP contribution in [0.4, 0.5) is 60.5 Å². The van der Waals surface area contributed by atoms with E-state index in [9.17, 15) is 17.6 Å². The first-order chi connectivity index (χ1) is 42.5. The van der Waals surface area contributed by atoms with Crippen molar-refractivity contribution in [2.24, 2.45) is 0 Å². The van der Waals surface area contributed by atoms with Crippen LogP contribution in [-0.2, 0) is 10.8 Å². The molecule has 0 fully saturated rings. The lowest BCUT2D eigenvalue weighted by Crippen LogP contribution is -2.29. The second-order valence-electron chi connectivity index (χ2n) is 22.0. The summed E-state index contributed by atoms with van der Waals surface area (Å²) >= 11 is 0. The number of hydrogen-bond donors (Lipinski definition) is 0. The molecule has 0 N–H and O–H groups in total. The van der Waals surface area contributed by atoms with E-state index in [1.165, 1.54) is 48.5 Å². The summed E-state index contributed by atoms with van der Waals surface area (Å²) in [7, 11) is 0. The minimum Gasteiger partial charge on any atom is -0.456 e. The van der Waals surface area contributed by atoms with Gasteiger partial charge in [0.25, 0.3) is 0 Å². The maximum atomic E-state index is 15.7. The van der Waals surface area contributed by atoms with E-state index in [-0.39, 0.29) is 11.6 Å². The molecule has 0 amide bonds. The molecule has 418 valence electrons. The predicted octanol–water partition coefficient (Wildman–Crippen LogP) is 21.4. The first-order valence-electron chi connectivity index (χ1n) is 28.4. The zero-order valence-corrected chi connectivity index (χ0v) is 46.4. The standard InChI is InChI=1S/C78H48F6N2O/c1-3-47-13-17-49(18-14-47)77(51-21-25-53(79)26-22-51)67-11-7-5-9-61(67)63-35-29-55(41-69(63)77)85(57-33-39-71(81)73(83)43-57)59-31-37-65-66-38-32-60(46-76(66)87-75(65)45-59)86(58-34-40-72(82)74(84)44-58)56-30-36-64-62-10-6-8-12-68(62)78(70(64)42-56,52-23-27-54(80)28-24-52)50-19-15-48(4-2)16-20-50/h3-46H,1-2H2. The molecule has 2 unspecified atom stereocenters. The van der Waals surface area contributed by atoms with Crippen molar-refractivity contribution in [3.63, 3.8) is 0 Å². The Labute approximate surface area is 497 Å². The number of nitrogens with zero attached hydrogens (tertiary/aromatic N) is 2. The normalized spacial score (nSPS) is 15.4. The van der Waals surface area contributed by atoms with Crippen LogP contribution in [0.2, 0.25) is 0 Å². The van der Waals surface area contributed by atoms with Gasteiger partial charge in [-0.2, -0.15) is 0 Å². The van der Waals surface area contributed by atoms with Gasteiger partial charge in [0.2, 0.25) is 0 Å². The van der Waals surface area contributed by atoms with Crippen molar-refractivity contribution >= 4 is 68.2 Å². The van der Waals surface area contributed by atoms with Crippen molar-refractivity contribution in [3.05, 3.63) is 358 Å². The largest absolute Gasteiger partial charge is 0.456 e. The van der Waals surface area contributed by atoms with Gasteiger partial charge in [-0.15, -0.1) is 0 Å². The predicted molar refractivity (Wildman–Crippen MR) is 338 cm³/mol. The maximum Gasteiger partial charge on any atom is 0.160 e. The van der Waals surface area contributed by atoms with Gasteiger partial charge in [0.1, 0.15) is 22.8 Å². The Morgan fingerprint density at radius 1 is 0.299 bits per heavy atom. The highest BCUT2D eigenvalue weighted by Gasteiger charge is 2.48. The molecule has 0 bridgehead atoms. The van der Waals surface area contributed by atoms with Crippen LogP contribution in [0.5, 0.6) is 0 Å². The molecule has 2 atom stereocenters. The van der Waals surface area contributed by atoms with Crippen LogP contribution < -0.4 is 9.80 Å². The van der Waals surface area contributed by atoms with Crippen molar-refractivity contribution in [2.45, 2.75) is 10.8 Å². The topological polar surface area (TPSA) is 19.6 Å². The summed E-state index contributed by atoms with van der Waals surface area (Å²) in [4.78, 5) is 3.72. The third-order valence-corrected chi connectivity index (χ3v) is 17.6. The Balaban J connectivity index is 0.895. The van der Waals surface area contributed by atoms with E-state index in [2.05, 4.69) is 73.8 Å². The second-order valence-corrected chi connectivity index (χ2v) is 22.0. The molecule has 0 saturated carbocycles. The van der Waals surface area contributed by atoms with E-state index >= 15 is 8.78 Å². The van der Waals surface area contributed by atoms with Gasteiger partial charge in [-0.1, -0.05) is 159 Å². The van der Waals surface area contributed by atoms with Gasteiger partial charge in [0, 0.05) is 69.2 Å². The quantitative estimate of drug-likeness (QED) is 0.114. The molecule has 13 aromatic rings. The summed E-state index contributed by atoms with van der Waals surface area (Å²) in [6, 6.07) is 77.0. The maximum absolute atomic E-state index is 15.7. The second kappa shape index (κ2) is 20.4. The molecule has 0 saturated heterocycles. The van der Waals surface area contributed by atoms with Crippen LogP contribution in [0.3, 0.4) is 0 Å². The Hall–Kier alpha value is -10.9. The molecule has 1 aromatic heterocycles. The van der Waals surface area contributed by atoms with E-state index in [1.807, 2.05) is 143 Å². The van der Waals surface area contributed by atoms with Gasteiger partial charge >= 0.3 is 0 Å². The molecule has 1 heterocycles. The summed E-state index contributed by atoms with van der Waals surface area (Å²) in [5, 5.41) is 1.52. The Morgan fingerprint density at radius 2 is 0.621 bits per heavy atom. The highest BCUT2D eigenvalue weighted by molar-refractivity contribution is 6.07. The van der Waals surface area contributed by atoms with Crippen LogP contribution >= 0.6 is 0 Å². The third-order valence-electron chi connectivity index (χ3n) is 17.6. The van der Waals surface area contributed by atoms with E-state index in [1.54, 1.807) is 12.2 Å². The van der Waals surface area contributed by atoms with Gasteiger partial charge in [0.15, 0.2) is 23.3 Å². The lowest BCUT2D eigenvalue weighted by Gasteiger charge is -2.35. The summed E-state index contributed by atoms with van der Waals surface area (Å²) in [6.07, 6.45) is 3.57. The van der Waals surface area contributed by atoms with E-state index < -0.39 is 34.1 Å². The summed E-state index contributed by atoms with van der Waals surface area (Å²) in [6.45, 7) is 7.98. The molecule has 0 radical (unpaired) electrons. The first kappa shape index (κ1) is 52.9. The highest BCUT2D eigenvalue weighted by Crippen LogP contribution is 2.59. The van der Waals surface area contributed by atoms with Crippen LogP contribution in [0.15, 0.2) is 272 Å². The molecular weight excluding hydrogens is 1090 g/mol. The molecule has 12 aromatic carbocycles. The number of furan rings is 1. The van der Waals surface area contributed by atoms with E-state index in [0.717, 1.165) is 101 Å². The molecule has 3 nitrogen and oxygen atoms in total. The number of benzene rings is 12. The first-order valence-corrected chi connectivity index (χ1v) is 28.4. The fourth-order valence-electron chi connectivity index (χ4n) is 13.7. The van der Waals surface area contributed by atoms with Crippen LogP contribution in [0, 0.1) is 34.9 Å². The summed E-state index contributed by atoms with van der Waals surface area (Å²) in [5.41, 5.74) is 15.2. The van der Waals surface area contributed by atoms with Gasteiger partial charge < -0.3 is 14.2 Å². The molecular formula is C78H48F6N2O. The minimum atomic E-state index is -1.03. The lowest BCUT2D eigenvalue weighted by molar-refractivity contribution is 0.509. The van der Waals surface area contributed by atoms with Crippen molar-refractivity contribution in [1.29, 1.82) is 0 Å². The summed E-state index contributed by atoms with van der Waals surface area (Å²) < 4.78 is 97.9. The van der Waals surface area contributed by atoms with Crippen LogP contribution in [0.25, 0.3) is 56.3 Å². The monoisotopic (exact) mass is 1140 g/mol. The number of anilines is 6. The fraction of sp³-hybridized carbons (Fsp3) is 0.0256. The van der Waals surface area contributed by atoms with E-state index in [0.29, 0.717) is 45.3 Å². The molecule has 2 aliphatic carbocycles. The zero-order valence-electron chi connectivity index (χ0n) is 46.4. The average molecular weight is 1140 g/mol. The zero-order chi connectivity index (χ0) is 59.3.